The van der Waals surface area contributed by atoms with Gasteiger partial charge in [0, 0.05) is 28.4 Å². The Morgan fingerprint density at radius 1 is 1.33 bits per heavy atom. The lowest BCUT2D eigenvalue weighted by atomic mass is 9.87. The SMILES string of the molecule is CC(NCC1(CO)CCCC1)c1cc2cc(Br)ccc2o1. The van der Waals surface area contributed by atoms with E-state index in [9.17, 15) is 5.11 Å². The molecule has 0 radical (unpaired) electrons. The molecule has 1 aliphatic carbocycles. The second-order valence-electron chi connectivity index (χ2n) is 6.30. The van der Waals surface area contributed by atoms with Crippen LogP contribution in [-0.4, -0.2) is 18.3 Å². The van der Waals surface area contributed by atoms with Crippen molar-refractivity contribution in [3.8, 4) is 0 Å². The lowest BCUT2D eigenvalue weighted by Crippen LogP contribution is -2.36. The number of hydrogen-bond acceptors (Lipinski definition) is 3. The van der Waals surface area contributed by atoms with E-state index in [0.29, 0.717) is 0 Å². The number of aliphatic hydroxyl groups excluding tert-OH is 1. The molecular weight excluding hydrogens is 330 g/mol. The van der Waals surface area contributed by atoms with Crippen molar-refractivity contribution in [2.24, 2.45) is 5.41 Å². The molecule has 21 heavy (non-hydrogen) atoms. The van der Waals surface area contributed by atoms with E-state index in [1.54, 1.807) is 0 Å². The highest BCUT2D eigenvalue weighted by Crippen LogP contribution is 2.37. The maximum absolute atomic E-state index is 9.68. The van der Waals surface area contributed by atoms with Crippen LogP contribution in [0, 0.1) is 5.41 Å². The second-order valence-corrected chi connectivity index (χ2v) is 7.21. The van der Waals surface area contributed by atoms with Crippen LogP contribution in [0.1, 0.15) is 44.4 Å². The highest BCUT2D eigenvalue weighted by molar-refractivity contribution is 9.10. The van der Waals surface area contributed by atoms with Crippen LogP contribution in [0.25, 0.3) is 11.0 Å². The summed E-state index contributed by atoms with van der Waals surface area (Å²) in [5, 5.41) is 14.3. The average Bonchev–Trinajstić information content (AvgIpc) is 3.11. The molecule has 2 aromatic rings. The molecule has 0 saturated heterocycles. The molecule has 114 valence electrons. The van der Waals surface area contributed by atoms with Gasteiger partial charge in [0.1, 0.15) is 11.3 Å². The van der Waals surface area contributed by atoms with Crippen molar-refractivity contribution in [1.82, 2.24) is 5.32 Å². The molecule has 0 spiro atoms. The number of aliphatic hydroxyl groups is 1. The van der Waals surface area contributed by atoms with Gasteiger partial charge in [0.25, 0.3) is 0 Å². The van der Waals surface area contributed by atoms with E-state index < -0.39 is 0 Å². The van der Waals surface area contributed by atoms with Crippen LogP contribution >= 0.6 is 15.9 Å². The van der Waals surface area contributed by atoms with Gasteiger partial charge in [0.2, 0.25) is 0 Å². The van der Waals surface area contributed by atoms with Crippen LogP contribution in [0.5, 0.6) is 0 Å². The Hall–Kier alpha value is -0.840. The van der Waals surface area contributed by atoms with E-state index >= 15 is 0 Å². The van der Waals surface area contributed by atoms with Gasteiger partial charge < -0.3 is 14.8 Å². The molecule has 1 aromatic heterocycles. The molecule has 1 fully saturated rings. The number of fused-ring (bicyclic) bond motifs is 1. The highest BCUT2D eigenvalue weighted by atomic mass is 79.9. The number of nitrogens with one attached hydrogen (secondary N) is 1. The zero-order valence-corrected chi connectivity index (χ0v) is 13.9. The molecule has 4 heteroatoms. The van der Waals surface area contributed by atoms with E-state index in [1.807, 2.05) is 12.1 Å². The first-order chi connectivity index (χ1) is 10.1. The molecule has 1 saturated carbocycles. The van der Waals surface area contributed by atoms with Gasteiger partial charge in [-0.3, -0.25) is 0 Å². The molecule has 1 heterocycles. The molecule has 3 rings (SSSR count). The lowest BCUT2D eigenvalue weighted by molar-refractivity contribution is 0.124. The molecular formula is C17H22BrNO2. The highest BCUT2D eigenvalue weighted by Gasteiger charge is 2.33. The summed E-state index contributed by atoms with van der Waals surface area (Å²) in [4.78, 5) is 0. The van der Waals surface area contributed by atoms with E-state index in [4.69, 9.17) is 4.42 Å². The molecule has 0 bridgehead atoms. The zero-order valence-electron chi connectivity index (χ0n) is 12.4. The summed E-state index contributed by atoms with van der Waals surface area (Å²) in [6.45, 7) is 3.25. The van der Waals surface area contributed by atoms with Crippen LogP contribution in [0.2, 0.25) is 0 Å². The number of hydrogen-bond donors (Lipinski definition) is 2. The van der Waals surface area contributed by atoms with Gasteiger partial charge >= 0.3 is 0 Å². The van der Waals surface area contributed by atoms with Crippen molar-refractivity contribution in [3.05, 3.63) is 34.5 Å². The number of halogens is 1. The van der Waals surface area contributed by atoms with Crippen molar-refractivity contribution in [3.63, 3.8) is 0 Å². The molecule has 1 atom stereocenters. The molecule has 1 aliphatic rings. The normalized spacial score (nSPS) is 19.2. The Labute approximate surface area is 133 Å². The summed E-state index contributed by atoms with van der Waals surface area (Å²) in [7, 11) is 0. The maximum Gasteiger partial charge on any atom is 0.134 e. The van der Waals surface area contributed by atoms with Gasteiger partial charge in [-0.15, -0.1) is 0 Å². The predicted molar refractivity (Wildman–Crippen MR) is 88.3 cm³/mol. The van der Waals surface area contributed by atoms with Gasteiger partial charge in [0.05, 0.1) is 6.04 Å². The molecule has 1 aromatic carbocycles. The van der Waals surface area contributed by atoms with Crippen LogP contribution < -0.4 is 5.32 Å². The monoisotopic (exact) mass is 351 g/mol. The zero-order chi connectivity index (χ0) is 14.9. The maximum atomic E-state index is 9.68. The Morgan fingerprint density at radius 3 is 2.81 bits per heavy atom. The van der Waals surface area contributed by atoms with Crippen molar-refractivity contribution >= 4 is 26.9 Å². The fourth-order valence-corrected chi connectivity index (χ4v) is 3.61. The van der Waals surface area contributed by atoms with Gasteiger partial charge in [0.15, 0.2) is 0 Å². The smallest absolute Gasteiger partial charge is 0.134 e. The lowest BCUT2D eigenvalue weighted by Gasteiger charge is -2.28. The molecule has 0 aliphatic heterocycles. The fraction of sp³-hybridized carbons (Fsp3) is 0.529. The third-order valence-electron chi connectivity index (χ3n) is 4.71. The quantitative estimate of drug-likeness (QED) is 0.839. The standard InChI is InChI=1S/C17H22BrNO2/c1-12(19-10-17(11-20)6-2-3-7-17)16-9-13-8-14(18)4-5-15(13)21-16/h4-5,8-9,12,19-20H,2-3,6-7,10-11H2,1H3. The van der Waals surface area contributed by atoms with Crippen LogP contribution in [0.15, 0.2) is 33.2 Å². The van der Waals surface area contributed by atoms with Gasteiger partial charge in [-0.05, 0) is 44.0 Å². The van der Waals surface area contributed by atoms with Crippen molar-refractivity contribution in [2.75, 3.05) is 13.2 Å². The van der Waals surface area contributed by atoms with Crippen molar-refractivity contribution < 1.29 is 9.52 Å². The van der Waals surface area contributed by atoms with Crippen molar-refractivity contribution in [2.45, 2.75) is 38.6 Å². The largest absolute Gasteiger partial charge is 0.459 e. The minimum Gasteiger partial charge on any atom is -0.459 e. The Kier molecular flexibility index (Phi) is 4.38. The van der Waals surface area contributed by atoms with E-state index in [1.165, 1.54) is 12.8 Å². The first-order valence-electron chi connectivity index (χ1n) is 7.65. The Balaban J connectivity index is 1.70. The van der Waals surface area contributed by atoms with Crippen LogP contribution in [0.3, 0.4) is 0 Å². The van der Waals surface area contributed by atoms with E-state index in [0.717, 1.165) is 40.6 Å². The number of rotatable bonds is 5. The molecule has 0 amide bonds. The minimum atomic E-state index is 0.0727. The summed E-state index contributed by atoms with van der Waals surface area (Å²) >= 11 is 3.49. The first-order valence-corrected chi connectivity index (χ1v) is 8.44. The van der Waals surface area contributed by atoms with Crippen LogP contribution in [0.4, 0.5) is 0 Å². The van der Waals surface area contributed by atoms with Gasteiger partial charge in [-0.2, -0.15) is 0 Å². The topological polar surface area (TPSA) is 45.4 Å². The van der Waals surface area contributed by atoms with E-state index in [2.05, 4.69) is 40.3 Å². The molecule has 3 nitrogen and oxygen atoms in total. The minimum absolute atomic E-state index is 0.0727. The summed E-state index contributed by atoms with van der Waals surface area (Å²) in [5.74, 6) is 0.953. The molecule has 1 unspecified atom stereocenters. The summed E-state index contributed by atoms with van der Waals surface area (Å²) in [5.41, 5.74) is 0.989. The Bertz CT molecular complexity index is 616. The number of benzene rings is 1. The fourth-order valence-electron chi connectivity index (χ4n) is 3.23. The summed E-state index contributed by atoms with van der Waals surface area (Å²) in [6.07, 6.45) is 4.71. The summed E-state index contributed by atoms with van der Waals surface area (Å²) < 4.78 is 6.98. The third-order valence-corrected chi connectivity index (χ3v) is 5.20. The van der Waals surface area contributed by atoms with Crippen molar-refractivity contribution in [1.29, 1.82) is 0 Å². The molecule has 2 N–H and O–H groups in total. The van der Waals surface area contributed by atoms with Gasteiger partial charge in [-0.1, -0.05) is 28.8 Å². The van der Waals surface area contributed by atoms with E-state index in [-0.39, 0.29) is 18.1 Å². The first kappa shape index (κ1) is 15.1. The summed E-state index contributed by atoms with van der Waals surface area (Å²) in [6, 6.07) is 8.30. The third kappa shape index (κ3) is 3.17. The number of furan rings is 1. The predicted octanol–water partition coefficient (Wildman–Crippen LogP) is 4.40. The average molecular weight is 352 g/mol. The second kappa shape index (κ2) is 6.11. The Morgan fingerprint density at radius 2 is 2.10 bits per heavy atom. The van der Waals surface area contributed by atoms with Gasteiger partial charge in [-0.25, -0.2) is 0 Å². The van der Waals surface area contributed by atoms with Crippen LogP contribution in [-0.2, 0) is 0 Å².